The molecule has 9 nitrogen and oxygen atoms in total. The molecule has 1 heterocycles. The number of carboxylic acid groups (broad SMARTS) is 1. The first-order chi connectivity index (χ1) is 9.32. The molecule has 21 heavy (non-hydrogen) atoms. The number of aromatic nitrogens is 1. The Kier molecular flexibility index (Phi) is 4.83. The maximum atomic E-state index is 12.0. The summed E-state index contributed by atoms with van der Waals surface area (Å²) in [7, 11) is -7.43. The van der Waals surface area contributed by atoms with Gasteiger partial charge >= 0.3 is 5.97 Å². The van der Waals surface area contributed by atoms with Crippen molar-refractivity contribution in [1.29, 1.82) is 0 Å². The van der Waals surface area contributed by atoms with E-state index in [9.17, 15) is 21.6 Å². The summed E-state index contributed by atoms with van der Waals surface area (Å²) in [6, 6.07) is 0.974. The normalized spacial score (nSPS) is 13.3. The Hall–Kier alpha value is -1.43. The molecule has 0 amide bonds. The first kappa shape index (κ1) is 17.6. The van der Waals surface area contributed by atoms with Crippen molar-refractivity contribution in [2.24, 2.45) is 0 Å². The molecule has 4 N–H and O–H groups in total. The lowest BCUT2D eigenvalue weighted by molar-refractivity contribution is 0.0691. The molecule has 0 unspecified atom stereocenters. The molecule has 0 aliphatic carbocycles. The fourth-order valence-electron chi connectivity index (χ4n) is 1.55. The molecule has 0 aliphatic heterocycles. The molecule has 0 atom stereocenters. The minimum absolute atomic E-state index is 0.198. The maximum absolute atomic E-state index is 12.0. The number of rotatable bonds is 7. The topological polar surface area (TPSA) is 145 Å². The van der Waals surface area contributed by atoms with Crippen molar-refractivity contribution in [3.63, 3.8) is 0 Å². The summed E-state index contributed by atoms with van der Waals surface area (Å²) >= 11 is 0. The molecule has 0 radical (unpaired) electrons. The van der Waals surface area contributed by atoms with E-state index in [1.54, 1.807) is 0 Å². The van der Waals surface area contributed by atoms with Crippen LogP contribution < -0.4 is 9.44 Å². The molecule has 0 saturated heterocycles. The Labute approximate surface area is 122 Å². The second kappa shape index (κ2) is 5.75. The highest BCUT2D eigenvalue weighted by molar-refractivity contribution is 7.89. The fraction of sp³-hybridized carbons (Fsp3) is 0.500. The minimum atomic E-state index is -3.94. The number of H-pyrrole nitrogens is 1. The van der Waals surface area contributed by atoms with Crippen LogP contribution in [0.4, 0.5) is 0 Å². The lowest BCUT2D eigenvalue weighted by Gasteiger charge is -2.25. The van der Waals surface area contributed by atoms with Crippen LogP contribution in [0.1, 0.15) is 24.3 Å². The van der Waals surface area contributed by atoms with E-state index in [1.807, 2.05) is 0 Å². The van der Waals surface area contributed by atoms with Crippen LogP contribution in [0.15, 0.2) is 17.2 Å². The molecule has 0 bridgehead atoms. The van der Waals surface area contributed by atoms with Crippen LogP contribution in [0.3, 0.4) is 0 Å². The summed E-state index contributed by atoms with van der Waals surface area (Å²) in [5.41, 5.74) is -1.30. The lowest BCUT2D eigenvalue weighted by Crippen LogP contribution is -2.50. The Morgan fingerprint density at radius 2 is 1.90 bits per heavy atom. The van der Waals surface area contributed by atoms with Gasteiger partial charge in [-0.05, 0) is 19.9 Å². The van der Waals surface area contributed by atoms with E-state index in [0.29, 0.717) is 0 Å². The number of hydrogen-bond donors (Lipinski definition) is 4. The summed E-state index contributed by atoms with van der Waals surface area (Å²) in [6.07, 6.45) is 2.01. The van der Waals surface area contributed by atoms with Gasteiger partial charge in [-0.2, -0.15) is 0 Å². The first-order valence-electron chi connectivity index (χ1n) is 5.73. The molecular formula is C10H17N3O6S2. The summed E-state index contributed by atoms with van der Waals surface area (Å²) in [4.78, 5) is 12.8. The highest BCUT2D eigenvalue weighted by Crippen LogP contribution is 2.12. The van der Waals surface area contributed by atoms with Gasteiger partial charge in [-0.15, -0.1) is 0 Å². The summed E-state index contributed by atoms with van der Waals surface area (Å²) < 4.78 is 50.8. The number of nitrogens with one attached hydrogen (secondary N) is 3. The predicted octanol–water partition coefficient (Wildman–Crippen LogP) is -0.681. The smallest absolute Gasteiger partial charge is 0.352 e. The molecule has 1 aromatic heterocycles. The van der Waals surface area contributed by atoms with Crippen molar-refractivity contribution in [1.82, 2.24) is 14.4 Å². The average molecular weight is 339 g/mol. The van der Waals surface area contributed by atoms with Gasteiger partial charge in [-0.1, -0.05) is 0 Å². The average Bonchev–Trinajstić information content (AvgIpc) is 2.73. The minimum Gasteiger partial charge on any atom is -0.477 e. The first-order valence-corrected chi connectivity index (χ1v) is 9.10. The number of carbonyl (C=O) groups is 1. The van der Waals surface area contributed by atoms with Gasteiger partial charge in [-0.3, -0.25) is 0 Å². The Morgan fingerprint density at radius 1 is 1.33 bits per heavy atom. The predicted molar refractivity (Wildman–Crippen MR) is 75.0 cm³/mol. The van der Waals surface area contributed by atoms with Crippen molar-refractivity contribution in [2.75, 3.05) is 12.8 Å². The van der Waals surface area contributed by atoms with Gasteiger partial charge in [0.15, 0.2) is 0 Å². The van der Waals surface area contributed by atoms with E-state index in [1.165, 1.54) is 13.8 Å². The summed E-state index contributed by atoms with van der Waals surface area (Å²) in [6.45, 7) is 2.82. The zero-order chi connectivity index (χ0) is 16.5. The van der Waals surface area contributed by atoms with Gasteiger partial charge in [-0.25, -0.2) is 31.1 Å². The van der Waals surface area contributed by atoms with Crippen LogP contribution in [-0.4, -0.2) is 51.2 Å². The molecule has 1 aromatic rings. The SMILES string of the molecule is CC(C)(CNS(=O)(=O)c1c[nH]c(C(=O)O)c1)NS(C)(=O)=O. The van der Waals surface area contributed by atoms with Crippen LogP contribution in [0, 0.1) is 0 Å². The number of sulfonamides is 2. The third-order valence-electron chi connectivity index (χ3n) is 2.36. The monoisotopic (exact) mass is 339 g/mol. The zero-order valence-corrected chi connectivity index (χ0v) is 13.3. The Morgan fingerprint density at radius 3 is 2.33 bits per heavy atom. The molecule has 0 aromatic carbocycles. The molecule has 0 spiro atoms. The number of hydrogen-bond acceptors (Lipinski definition) is 5. The van der Waals surface area contributed by atoms with Crippen molar-refractivity contribution in [2.45, 2.75) is 24.3 Å². The number of aromatic carboxylic acids is 1. The highest BCUT2D eigenvalue weighted by Gasteiger charge is 2.26. The van der Waals surface area contributed by atoms with Gasteiger partial charge in [0.1, 0.15) is 10.6 Å². The van der Waals surface area contributed by atoms with Gasteiger partial charge < -0.3 is 10.1 Å². The number of carboxylic acids is 1. The van der Waals surface area contributed by atoms with Gasteiger partial charge in [0.25, 0.3) is 0 Å². The second-order valence-electron chi connectivity index (χ2n) is 5.14. The van der Waals surface area contributed by atoms with Gasteiger partial charge in [0, 0.05) is 18.3 Å². The summed E-state index contributed by atoms with van der Waals surface area (Å²) in [5, 5.41) is 8.73. The van der Waals surface area contributed by atoms with E-state index in [-0.39, 0.29) is 17.1 Å². The zero-order valence-electron chi connectivity index (χ0n) is 11.7. The molecule has 1 rings (SSSR count). The van der Waals surface area contributed by atoms with Gasteiger partial charge in [0.2, 0.25) is 20.0 Å². The fourth-order valence-corrected chi connectivity index (χ4v) is 3.83. The van der Waals surface area contributed by atoms with Crippen LogP contribution >= 0.6 is 0 Å². The van der Waals surface area contributed by atoms with Crippen LogP contribution in [0.25, 0.3) is 0 Å². The Bertz CT molecular complexity index is 733. The Balaban J connectivity index is 2.83. The van der Waals surface area contributed by atoms with Crippen LogP contribution in [-0.2, 0) is 20.0 Å². The van der Waals surface area contributed by atoms with Crippen molar-refractivity contribution < 1.29 is 26.7 Å². The second-order valence-corrected chi connectivity index (χ2v) is 8.65. The lowest BCUT2D eigenvalue weighted by atomic mass is 10.1. The van der Waals surface area contributed by atoms with E-state index in [4.69, 9.17) is 5.11 Å². The quantitative estimate of drug-likeness (QED) is 0.518. The third-order valence-corrected chi connectivity index (χ3v) is 4.67. The maximum Gasteiger partial charge on any atom is 0.352 e. The van der Waals surface area contributed by atoms with Crippen molar-refractivity contribution in [3.8, 4) is 0 Å². The largest absolute Gasteiger partial charge is 0.477 e. The molecule has 0 fully saturated rings. The summed E-state index contributed by atoms with van der Waals surface area (Å²) in [5.74, 6) is -1.28. The van der Waals surface area contributed by atoms with E-state index < -0.39 is 31.6 Å². The van der Waals surface area contributed by atoms with E-state index >= 15 is 0 Å². The van der Waals surface area contributed by atoms with E-state index in [2.05, 4.69) is 14.4 Å². The van der Waals surface area contributed by atoms with Gasteiger partial charge in [0.05, 0.1) is 6.26 Å². The molecule has 0 aliphatic rings. The van der Waals surface area contributed by atoms with E-state index in [0.717, 1.165) is 18.5 Å². The molecule has 120 valence electrons. The van der Waals surface area contributed by atoms with Crippen molar-refractivity contribution >= 4 is 26.0 Å². The van der Waals surface area contributed by atoms with Crippen LogP contribution in [0.2, 0.25) is 0 Å². The molecule has 11 heteroatoms. The van der Waals surface area contributed by atoms with Crippen molar-refractivity contribution in [3.05, 3.63) is 18.0 Å². The highest BCUT2D eigenvalue weighted by atomic mass is 32.2. The molecule has 0 saturated carbocycles. The number of aromatic amines is 1. The van der Waals surface area contributed by atoms with Crippen LogP contribution in [0.5, 0.6) is 0 Å². The standard InChI is InChI=1S/C10H17N3O6S2/c1-10(2,13-20(3,16)17)6-12-21(18,19)7-4-8(9(14)15)11-5-7/h4-5,11-13H,6H2,1-3H3,(H,14,15). The third kappa shape index (κ3) is 5.46. The molecular weight excluding hydrogens is 322 g/mol.